The van der Waals surface area contributed by atoms with Crippen LogP contribution in [0.5, 0.6) is 0 Å². The van der Waals surface area contributed by atoms with E-state index in [0.29, 0.717) is 18.3 Å². The smallest absolute Gasteiger partial charge is 0.263 e. The minimum absolute atomic E-state index is 0.0431. The number of allylic oxidation sites excluding steroid dienone is 5. The van der Waals surface area contributed by atoms with Crippen LogP contribution in [0.3, 0.4) is 0 Å². The molecule has 1 fully saturated rings. The molecule has 0 atom stereocenters. The summed E-state index contributed by atoms with van der Waals surface area (Å²) in [5.74, 6) is 0.722. The van der Waals surface area contributed by atoms with Crippen LogP contribution in [0, 0.1) is 11.7 Å². The number of hydrogen-bond donors (Lipinski definition) is 1. The predicted octanol–water partition coefficient (Wildman–Crippen LogP) is 3.83. The molecular weight excluding hydrogens is 351 g/mol. The van der Waals surface area contributed by atoms with Gasteiger partial charge in [0.25, 0.3) is 10.0 Å². The Kier molecular flexibility index (Phi) is 4.23. The van der Waals surface area contributed by atoms with Crippen LogP contribution in [-0.4, -0.2) is 19.9 Å². The highest BCUT2D eigenvalue weighted by atomic mass is 32.2. The minimum Gasteiger partial charge on any atom is -0.327 e. The molecule has 0 bridgehead atoms. The van der Waals surface area contributed by atoms with Crippen molar-refractivity contribution < 1.29 is 12.8 Å². The molecule has 2 aliphatic heterocycles. The fourth-order valence-corrected chi connectivity index (χ4v) is 4.36. The van der Waals surface area contributed by atoms with Gasteiger partial charge in [0.2, 0.25) is 0 Å². The van der Waals surface area contributed by atoms with Crippen LogP contribution in [0.2, 0.25) is 0 Å². The van der Waals surface area contributed by atoms with E-state index < -0.39 is 15.8 Å². The molecule has 1 N–H and O–H groups in total. The van der Waals surface area contributed by atoms with Crippen molar-refractivity contribution in [2.75, 3.05) is 6.54 Å². The van der Waals surface area contributed by atoms with E-state index in [1.165, 1.54) is 36.1 Å². The predicted molar refractivity (Wildman–Crippen MR) is 98.8 cm³/mol. The molecule has 0 amide bonds. The summed E-state index contributed by atoms with van der Waals surface area (Å²) in [5, 5.41) is 0. The zero-order valence-corrected chi connectivity index (χ0v) is 15.4. The molecule has 4 rings (SSSR count). The molecule has 6 heteroatoms. The highest BCUT2D eigenvalue weighted by molar-refractivity contribution is 7.89. The largest absolute Gasteiger partial charge is 0.327 e. The zero-order valence-electron chi connectivity index (χ0n) is 14.6. The van der Waals surface area contributed by atoms with Gasteiger partial charge >= 0.3 is 0 Å². The first-order valence-electron chi connectivity index (χ1n) is 8.76. The lowest BCUT2D eigenvalue weighted by Crippen LogP contribution is -2.36. The van der Waals surface area contributed by atoms with E-state index in [0.717, 1.165) is 24.3 Å². The first-order chi connectivity index (χ1) is 12.4. The Balaban J connectivity index is 1.63. The molecule has 136 valence electrons. The van der Waals surface area contributed by atoms with E-state index in [-0.39, 0.29) is 4.90 Å². The molecule has 3 aliphatic rings. The molecular formula is C20H21FN2O2S. The Morgan fingerprint density at radius 3 is 2.58 bits per heavy atom. The van der Waals surface area contributed by atoms with Crippen LogP contribution < -0.4 is 4.72 Å². The number of fused-ring (bicyclic) bond motifs is 1. The van der Waals surface area contributed by atoms with Gasteiger partial charge in [-0.15, -0.1) is 0 Å². The van der Waals surface area contributed by atoms with Gasteiger partial charge in [0, 0.05) is 18.7 Å². The summed E-state index contributed by atoms with van der Waals surface area (Å²) < 4.78 is 41.2. The average molecular weight is 372 g/mol. The van der Waals surface area contributed by atoms with Crippen molar-refractivity contribution in [1.29, 1.82) is 0 Å². The SMILES string of the molecule is CC1=CC=C(NS(=O)(=O)c2ccc(F)cc2)N2CC=C(C3CC3)C=C2C1. The first-order valence-corrected chi connectivity index (χ1v) is 10.2. The second kappa shape index (κ2) is 6.43. The molecule has 2 heterocycles. The molecule has 0 aromatic heterocycles. The van der Waals surface area contributed by atoms with E-state index in [2.05, 4.69) is 16.9 Å². The van der Waals surface area contributed by atoms with Gasteiger partial charge in [0.15, 0.2) is 0 Å². The Hall–Kier alpha value is -2.34. The minimum atomic E-state index is -3.78. The standard InChI is InChI=1S/C20H21FN2O2S/c1-14-2-9-20(22-26(24,25)19-7-5-17(21)6-8-19)23-11-10-16(15-3-4-15)13-18(23)12-14/h2,5-10,13,15,22H,3-4,11-12H2,1H3. The van der Waals surface area contributed by atoms with E-state index in [4.69, 9.17) is 0 Å². The highest BCUT2D eigenvalue weighted by Gasteiger charge is 2.30. The van der Waals surface area contributed by atoms with E-state index >= 15 is 0 Å². The molecule has 26 heavy (non-hydrogen) atoms. The van der Waals surface area contributed by atoms with Crippen molar-refractivity contribution in [3.05, 3.63) is 77.1 Å². The Bertz CT molecular complexity index is 952. The van der Waals surface area contributed by atoms with Crippen molar-refractivity contribution in [3.8, 4) is 0 Å². The van der Waals surface area contributed by atoms with Gasteiger partial charge in [-0.05, 0) is 67.7 Å². The quantitative estimate of drug-likeness (QED) is 0.874. The molecule has 0 saturated heterocycles. The molecule has 1 aromatic rings. The van der Waals surface area contributed by atoms with E-state index in [9.17, 15) is 12.8 Å². The lowest BCUT2D eigenvalue weighted by atomic mass is 10.0. The summed E-state index contributed by atoms with van der Waals surface area (Å²) in [6.07, 6.45) is 11.4. The molecule has 4 nitrogen and oxygen atoms in total. The number of halogens is 1. The number of nitrogens with one attached hydrogen (secondary N) is 1. The summed E-state index contributed by atoms with van der Waals surface area (Å²) in [4.78, 5) is 2.04. The summed E-state index contributed by atoms with van der Waals surface area (Å²) in [6, 6.07) is 4.84. The third-order valence-corrected chi connectivity index (χ3v) is 6.25. The van der Waals surface area contributed by atoms with Crippen molar-refractivity contribution in [1.82, 2.24) is 9.62 Å². The van der Waals surface area contributed by atoms with Crippen LogP contribution in [-0.2, 0) is 10.0 Å². The summed E-state index contributed by atoms with van der Waals surface area (Å²) in [7, 11) is -3.78. The van der Waals surface area contributed by atoms with Gasteiger partial charge < -0.3 is 4.90 Å². The molecule has 1 aliphatic carbocycles. The lowest BCUT2D eigenvalue weighted by molar-refractivity contribution is 0.434. The maximum absolute atomic E-state index is 13.1. The van der Waals surface area contributed by atoms with Crippen molar-refractivity contribution >= 4 is 10.0 Å². The Labute approximate surface area is 153 Å². The summed E-state index contributed by atoms with van der Waals surface area (Å²) >= 11 is 0. The Morgan fingerprint density at radius 2 is 1.88 bits per heavy atom. The number of hydrogen-bond acceptors (Lipinski definition) is 3. The maximum atomic E-state index is 13.1. The first kappa shape index (κ1) is 17.1. The van der Waals surface area contributed by atoms with Crippen molar-refractivity contribution in [3.63, 3.8) is 0 Å². The van der Waals surface area contributed by atoms with Crippen LogP contribution in [0.25, 0.3) is 0 Å². The third kappa shape index (κ3) is 3.46. The van der Waals surface area contributed by atoms with Crippen molar-refractivity contribution in [2.24, 2.45) is 5.92 Å². The monoisotopic (exact) mass is 372 g/mol. The highest BCUT2D eigenvalue weighted by Crippen LogP contribution is 2.40. The van der Waals surface area contributed by atoms with Crippen LogP contribution in [0.4, 0.5) is 4.39 Å². The molecule has 1 aromatic carbocycles. The fourth-order valence-electron chi connectivity index (χ4n) is 3.30. The third-order valence-electron chi connectivity index (χ3n) is 4.88. The van der Waals surface area contributed by atoms with Gasteiger partial charge in [0.05, 0.1) is 4.90 Å². The Morgan fingerprint density at radius 1 is 1.15 bits per heavy atom. The van der Waals surface area contributed by atoms with Crippen LogP contribution in [0.1, 0.15) is 26.2 Å². The maximum Gasteiger partial charge on any atom is 0.263 e. The topological polar surface area (TPSA) is 49.4 Å². The molecule has 0 unspecified atom stereocenters. The van der Waals surface area contributed by atoms with Gasteiger partial charge in [-0.3, -0.25) is 4.72 Å². The van der Waals surface area contributed by atoms with Crippen molar-refractivity contribution in [2.45, 2.75) is 31.1 Å². The fraction of sp³-hybridized carbons (Fsp3) is 0.300. The molecule has 0 spiro atoms. The lowest BCUT2D eigenvalue weighted by Gasteiger charge is -2.31. The van der Waals surface area contributed by atoms with Gasteiger partial charge in [-0.2, -0.15) is 0 Å². The average Bonchev–Trinajstić information content (AvgIpc) is 3.44. The molecule has 1 saturated carbocycles. The van der Waals surface area contributed by atoms with Gasteiger partial charge in [0.1, 0.15) is 11.6 Å². The van der Waals surface area contributed by atoms with E-state index in [1.54, 1.807) is 6.08 Å². The van der Waals surface area contributed by atoms with Crippen LogP contribution >= 0.6 is 0 Å². The van der Waals surface area contributed by atoms with E-state index in [1.807, 2.05) is 17.9 Å². The second-order valence-corrected chi connectivity index (χ2v) is 8.71. The number of sulfonamides is 1. The number of benzene rings is 1. The normalized spacial score (nSPS) is 20.3. The number of nitrogens with zero attached hydrogens (tertiary/aromatic N) is 1. The summed E-state index contributed by atoms with van der Waals surface area (Å²) in [5.41, 5.74) is 3.65. The van der Waals surface area contributed by atoms with Crippen LogP contribution in [0.15, 0.2) is 76.1 Å². The zero-order chi connectivity index (χ0) is 18.3. The summed E-state index contributed by atoms with van der Waals surface area (Å²) in [6.45, 7) is 2.69. The number of rotatable bonds is 4. The van der Waals surface area contributed by atoms with Gasteiger partial charge in [-0.1, -0.05) is 17.7 Å². The molecule has 0 radical (unpaired) electrons. The van der Waals surface area contributed by atoms with Gasteiger partial charge in [-0.25, -0.2) is 12.8 Å². The second-order valence-electron chi connectivity index (χ2n) is 7.03.